The van der Waals surface area contributed by atoms with Crippen LogP contribution in [0.15, 0.2) is 59.2 Å². The summed E-state index contributed by atoms with van der Waals surface area (Å²) in [6.45, 7) is 0. The lowest BCUT2D eigenvalue weighted by Gasteiger charge is -2.02. The molecule has 0 atom stereocenters. The van der Waals surface area contributed by atoms with Crippen molar-refractivity contribution in [2.45, 2.75) is 6.42 Å². The van der Waals surface area contributed by atoms with E-state index in [1.807, 2.05) is 42.5 Å². The number of Topliss-reactive ketones (excluding diaryl/α,β-unsaturated/α-hetero) is 1. The topological polar surface area (TPSA) is 30.2 Å². The first kappa shape index (κ1) is 12.0. The standard InChI is InChI=1S/C16H11ClO2/c17-14-7-3-1-5-11(14)9-15(18)13-10-19-16-8-4-2-6-12(13)16/h1-8,10H,9H2. The first-order chi connectivity index (χ1) is 9.25. The molecule has 0 N–H and O–H groups in total. The molecule has 19 heavy (non-hydrogen) atoms. The highest BCUT2D eigenvalue weighted by Crippen LogP contribution is 2.23. The minimum absolute atomic E-state index is 0.0121. The van der Waals surface area contributed by atoms with Crippen LogP contribution in [0.1, 0.15) is 15.9 Å². The van der Waals surface area contributed by atoms with E-state index >= 15 is 0 Å². The van der Waals surface area contributed by atoms with Gasteiger partial charge < -0.3 is 4.42 Å². The van der Waals surface area contributed by atoms with Crippen molar-refractivity contribution in [2.24, 2.45) is 0 Å². The zero-order valence-electron chi connectivity index (χ0n) is 10.1. The van der Waals surface area contributed by atoms with Crippen molar-refractivity contribution in [3.63, 3.8) is 0 Å². The molecule has 0 aliphatic rings. The number of carbonyl (C=O) groups is 1. The molecule has 0 aliphatic carbocycles. The van der Waals surface area contributed by atoms with Crippen molar-refractivity contribution in [1.29, 1.82) is 0 Å². The van der Waals surface area contributed by atoms with Gasteiger partial charge in [-0.25, -0.2) is 0 Å². The molecule has 0 saturated heterocycles. The van der Waals surface area contributed by atoms with Crippen LogP contribution in [-0.4, -0.2) is 5.78 Å². The summed E-state index contributed by atoms with van der Waals surface area (Å²) in [5.74, 6) is 0.0121. The van der Waals surface area contributed by atoms with E-state index in [4.69, 9.17) is 16.0 Å². The van der Waals surface area contributed by atoms with Crippen LogP contribution in [0.2, 0.25) is 5.02 Å². The first-order valence-corrected chi connectivity index (χ1v) is 6.36. The highest BCUT2D eigenvalue weighted by Gasteiger charge is 2.14. The maximum Gasteiger partial charge on any atom is 0.171 e. The predicted molar refractivity (Wildman–Crippen MR) is 75.7 cm³/mol. The molecule has 1 heterocycles. The molecule has 0 amide bonds. The summed E-state index contributed by atoms with van der Waals surface area (Å²) < 4.78 is 5.38. The van der Waals surface area contributed by atoms with Gasteiger partial charge in [-0.05, 0) is 17.7 Å². The van der Waals surface area contributed by atoms with Gasteiger partial charge in [0.25, 0.3) is 0 Å². The second-order valence-corrected chi connectivity index (χ2v) is 4.74. The van der Waals surface area contributed by atoms with Gasteiger partial charge in [0.1, 0.15) is 11.8 Å². The number of benzene rings is 2. The molecular weight excluding hydrogens is 260 g/mol. The number of furan rings is 1. The summed E-state index contributed by atoms with van der Waals surface area (Å²) >= 11 is 6.07. The molecular formula is C16H11ClO2. The lowest BCUT2D eigenvalue weighted by atomic mass is 10.0. The normalized spacial score (nSPS) is 10.8. The third-order valence-electron chi connectivity index (χ3n) is 3.09. The Bertz CT molecular complexity index is 743. The molecule has 0 saturated carbocycles. The van der Waals surface area contributed by atoms with E-state index < -0.39 is 0 Å². The van der Waals surface area contributed by atoms with E-state index in [1.165, 1.54) is 6.26 Å². The molecule has 94 valence electrons. The molecule has 0 radical (unpaired) electrons. The number of hydrogen-bond donors (Lipinski definition) is 0. The molecule has 0 aliphatic heterocycles. The monoisotopic (exact) mass is 270 g/mol. The third kappa shape index (κ3) is 2.27. The van der Waals surface area contributed by atoms with E-state index in [2.05, 4.69) is 0 Å². The van der Waals surface area contributed by atoms with Crippen molar-refractivity contribution in [3.8, 4) is 0 Å². The fraction of sp³-hybridized carbons (Fsp3) is 0.0625. The summed E-state index contributed by atoms with van der Waals surface area (Å²) in [6, 6.07) is 14.9. The van der Waals surface area contributed by atoms with Gasteiger partial charge in [-0.1, -0.05) is 48.0 Å². The largest absolute Gasteiger partial charge is 0.464 e. The molecule has 2 aromatic carbocycles. The number of fused-ring (bicyclic) bond motifs is 1. The number of carbonyl (C=O) groups excluding carboxylic acids is 1. The molecule has 3 rings (SSSR count). The van der Waals surface area contributed by atoms with Gasteiger partial charge in [0.15, 0.2) is 5.78 Å². The van der Waals surface area contributed by atoms with Crippen molar-refractivity contribution >= 4 is 28.4 Å². The highest BCUT2D eigenvalue weighted by molar-refractivity contribution is 6.31. The Morgan fingerprint density at radius 3 is 2.63 bits per heavy atom. The zero-order valence-corrected chi connectivity index (χ0v) is 10.9. The molecule has 3 aromatic rings. The molecule has 0 fully saturated rings. The predicted octanol–water partition coefficient (Wildman–Crippen LogP) is 4.51. The fourth-order valence-corrected chi connectivity index (χ4v) is 2.31. The van der Waals surface area contributed by atoms with E-state index in [0.717, 1.165) is 16.5 Å². The minimum Gasteiger partial charge on any atom is -0.464 e. The van der Waals surface area contributed by atoms with E-state index in [0.29, 0.717) is 10.6 Å². The van der Waals surface area contributed by atoms with Crippen LogP contribution in [0, 0.1) is 0 Å². The lowest BCUT2D eigenvalue weighted by Crippen LogP contribution is -2.03. The molecule has 0 unspecified atom stereocenters. The second kappa shape index (κ2) is 4.90. The van der Waals surface area contributed by atoms with E-state index in [-0.39, 0.29) is 12.2 Å². The molecule has 0 bridgehead atoms. The van der Waals surface area contributed by atoms with Crippen LogP contribution < -0.4 is 0 Å². The number of ketones is 1. The second-order valence-electron chi connectivity index (χ2n) is 4.34. The summed E-state index contributed by atoms with van der Waals surface area (Å²) in [5, 5.41) is 1.46. The van der Waals surface area contributed by atoms with Crippen LogP contribution in [0.25, 0.3) is 11.0 Å². The number of rotatable bonds is 3. The van der Waals surface area contributed by atoms with Gasteiger partial charge in [0.2, 0.25) is 0 Å². The molecule has 3 heteroatoms. The van der Waals surface area contributed by atoms with Crippen molar-refractivity contribution in [2.75, 3.05) is 0 Å². The molecule has 2 nitrogen and oxygen atoms in total. The van der Waals surface area contributed by atoms with Gasteiger partial charge in [-0.3, -0.25) is 4.79 Å². The van der Waals surface area contributed by atoms with Crippen molar-refractivity contribution < 1.29 is 9.21 Å². The summed E-state index contributed by atoms with van der Waals surface area (Å²) in [4.78, 5) is 12.3. The highest BCUT2D eigenvalue weighted by atomic mass is 35.5. The Balaban J connectivity index is 1.95. The van der Waals surface area contributed by atoms with E-state index in [1.54, 1.807) is 6.07 Å². The van der Waals surface area contributed by atoms with Crippen LogP contribution in [0.4, 0.5) is 0 Å². The summed E-state index contributed by atoms with van der Waals surface area (Å²) in [5.41, 5.74) is 2.17. The number of hydrogen-bond acceptors (Lipinski definition) is 2. The maximum atomic E-state index is 12.3. The maximum absolute atomic E-state index is 12.3. The van der Waals surface area contributed by atoms with Gasteiger partial charge in [0, 0.05) is 16.8 Å². The van der Waals surface area contributed by atoms with Crippen LogP contribution in [-0.2, 0) is 6.42 Å². The average molecular weight is 271 g/mol. The Hall–Kier alpha value is -2.06. The average Bonchev–Trinajstić information content (AvgIpc) is 2.85. The van der Waals surface area contributed by atoms with Gasteiger partial charge >= 0.3 is 0 Å². The van der Waals surface area contributed by atoms with Crippen molar-refractivity contribution in [3.05, 3.63) is 70.9 Å². The smallest absolute Gasteiger partial charge is 0.171 e. The minimum atomic E-state index is 0.0121. The first-order valence-electron chi connectivity index (χ1n) is 5.98. The molecule has 1 aromatic heterocycles. The van der Waals surface area contributed by atoms with Crippen molar-refractivity contribution in [1.82, 2.24) is 0 Å². The third-order valence-corrected chi connectivity index (χ3v) is 3.46. The Kier molecular flexibility index (Phi) is 3.10. The lowest BCUT2D eigenvalue weighted by molar-refractivity contribution is 0.0993. The van der Waals surface area contributed by atoms with Gasteiger partial charge in [0.05, 0.1) is 5.56 Å². The quantitative estimate of drug-likeness (QED) is 0.656. The van der Waals surface area contributed by atoms with E-state index in [9.17, 15) is 4.79 Å². The SMILES string of the molecule is O=C(Cc1ccccc1Cl)c1coc2ccccc12. The Labute approximate surface area is 115 Å². The fourth-order valence-electron chi connectivity index (χ4n) is 2.10. The Morgan fingerprint density at radius 1 is 1.05 bits per heavy atom. The zero-order chi connectivity index (χ0) is 13.2. The van der Waals surface area contributed by atoms with Gasteiger partial charge in [-0.15, -0.1) is 0 Å². The van der Waals surface area contributed by atoms with Gasteiger partial charge in [-0.2, -0.15) is 0 Å². The van der Waals surface area contributed by atoms with Crippen LogP contribution in [0.3, 0.4) is 0 Å². The number of para-hydroxylation sites is 1. The number of halogens is 1. The summed E-state index contributed by atoms with van der Waals surface area (Å²) in [7, 11) is 0. The van der Waals surface area contributed by atoms with Crippen LogP contribution in [0.5, 0.6) is 0 Å². The summed E-state index contributed by atoms with van der Waals surface area (Å²) in [6.07, 6.45) is 1.80. The Morgan fingerprint density at radius 2 is 1.79 bits per heavy atom. The molecule has 0 spiro atoms. The van der Waals surface area contributed by atoms with Crippen LogP contribution >= 0.6 is 11.6 Å².